The van der Waals surface area contributed by atoms with E-state index in [1.165, 1.54) is 37.0 Å². The van der Waals surface area contributed by atoms with Crippen molar-refractivity contribution in [2.45, 2.75) is 18.1 Å². The summed E-state index contributed by atoms with van der Waals surface area (Å²) >= 11 is 3.34. The largest absolute Gasteiger partial charge is 0.465 e. The van der Waals surface area contributed by atoms with Crippen LogP contribution in [0, 0.1) is 0 Å². The quantitative estimate of drug-likeness (QED) is 0.839. The highest BCUT2D eigenvalue weighted by Crippen LogP contribution is 2.27. The van der Waals surface area contributed by atoms with Crippen molar-refractivity contribution in [3.63, 3.8) is 0 Å². The zero-order valence-corrected chi connectivity index (χ0v) is 10.7. The first kappa shape index (κ1) is 11.7. The van der Waals surface area contributed by atoms with Gasteiger partial charge in [0.05, 0.1) is 13.3 Å². The standard InChI is InChI=1S/C10H14N2O2S2/c1-14-9(13)8-6-12-10(16-8)11-5-7-3-2-4-15-7/h6-7H,2-5H2,1H3,(H,11,12). The third-order valence-electron chi connectivity index (χ3n) is 2.40. The molecule has 1 aliphatic rings. The molecule has 0 aromatic carbocycles. The Labute approximate surface area is 103 Å². The molecule has 1 N–H and O–H groups in total. The third kappa shape index (κ3) is 2.89. The van der Waals surface area contributed by atoms with Gasteiger partial charge in [0, 0.05) is 11.8 Å². The summed E-state index contributed by atoms with van der Waals surface area (Å²) in [5.41, 5.74) is 0. The zero-order chi connectivity index (χ0) is 11.4. The van der Waals surface area contributed by atoms with Gasteiger partial charge in [-0.2, -0.15) is 11.8 Å². The molecular formula is C10H14N2O2S2. The van der Waals surface area contributed by atoms with Gasteiger partial charge in [-0.1, -0.05) is 11.3 Å². The number of carbonyl (C=O) groups is 1. The molecule has 4 nitrogen and oxygen atoms in total. The lowest BCUT2D eigenvalue weighted by Gasteiger charge is -2.08. The van der Waals surface area contributed by atoms with Gasteiger partial charge in [0.1, 0.15) is 4.88 Å². The van der Waals surface area contributed by atoms with Crippen LogP contribution in [0.3, 0.4) is 0 Å². The molecule has 0 radical (unpaired) electrons. The molecule has 1 aliphatic heterocycles. The van der Waals surface area contributed by atoms with Gasteiger partial charge in [0.2, 0.25) is 0 Å². The number of aromatic nitrogens is 1. The second-order valence-corrected chi connectivity index (χ2v) is 5.98. The van der Waals surface area contributed by atoms with Crippen LogP contribution in [0.4, 0.5) is 5.13 Å². The molecule has 6 heteroatoms. The van der Waals surface area contributed by atoms with Crippen molar-refractivity contribution in [2.75, 3.05) is 24.7 Å². The first-order chi connectivity index (χ1) is 7.79. The maximum Gasteiger partial charge on any atom is 0.349 e. The number of rotatable bonds is 4. The predicted octanol–water partition coefficient (Wildman–Crippen LogP) is 2.24. The second kappa shape index (κ2) is 5.54. The van der Waals surface area contributed by atoms with Gasteiger partial charge in [-0.25, -0.2) is 9.78 Å². The number of thioether (sulfide) groups is 1. The van der Waals surface area contributed by atoms with E-state index >= 15 is 0 Å². The molecule has 1 saturated heterocycles. The number of ether oxygens (including phenoxy) is 1. The van der Waals surface area contributed by atoms with Gasteiger partial charge in [-0.05, 0) is 18.6 Å². The molecule has 88 valence electrons. The van der Waals surface area contributed by atoms with Crippen molar-refractivity contribution in [3.05, 3.63) is 11.1 Å². The average molecular weight is 258 g/mol. The fraction of sp³-hybridized carbons (Fsp3) is 0.600. The van der Waals surface area contributed by atoms with Crippen LogP contribution >= 0.6 is 23.1 Å². The topological polar surface area (TPSA) is 51.2 Å². The number of carbonyl (C=O) groups excluding carboxylic acids is 1. The Morgan fingerprint density at radius 3 is 3.31 bits per heavy atom. The molecular weight excluding hydrogens is 244 g/mol. The van der Waals surface area contributed by atoms with Crippen molar-refractivity contribution in [1.29, 1.82) is 0 Å². The lowest BCUT2D eigenvalue weighted by atomic mass is 10.2. The number of hydrogen-bond acceptors (Lipinski definition) is 6. The van der Waals surface area contributed by atoms with Gasteiger partial charge >= 0.3 is 5.97 Å². The third-order valence-corrected chi connectivity index (χ3v) is 4.73. The van der Waals surface area contributed by atoms with Crippen molar-refractivity contribution in [3.8, 4) is 0 Å². The molecule has 16 heavy (non-hydrogen) atoms. The molecule has 0 saturated carbocycles. The first-order valence-electron chi connectivity index (χ1n) is 5.19. The summed E-state index contributed by atoms with van der Waals surface area (Å²) < 4.78 is 4.63. The van der Waals surface area contributed by atoms with Crippen LogP contribution in [0.2, 0.25) is 0 Å². The average Bonchev–Trinajstić information content (AvgIpc) is 2.96. The predicted molar refractivity (Wildman–Crippen MR) is 67.4 cm³/mol. The summed E-state index contributed by atoms with van der Waals surface area (Å²) in [4.78, 5) is 15.9. The van der Waals surface area contributed by atoms with Gasteiger partial charge < -0.3 is 10.1 Å². The number of thiazole rings is 1. The van der Waals surface area contributed by atoms with Gasteiger partial charge in [0.25, 0.3) is 0 Å². The van der Waals surface area contributed by atoms with E-state index in [1.807, 2.05) is 11.8 Å². The summed E-state index contributed by atoms with van der Waals surface area (Å²) in [6.45, 7) is 0.929. The molecule has 1 unspecified atom stereocenters. The first-order valence-corrected chi connectivity index (χ1v) is 7.05. The SMILES string of the molecule is COC(=O)c1cnc(NCC2CCCS2)s1. The van der Waals surface area contributed by atoms with Crippen LogP contribution in [0.1, 0.15) is 22.5 Å². The van der Waals surface area contributed by atoms with Crippen molar-refractivity contribution < 1.29 is 9.53 Å². The van der Waals surface area contributed by atoms with E-state index < -0.39 is 0 Å². The summed E-state index contributed by atoms with van der Waals surface area (Å²) in [7, 11) is 1.38. The van der Waals surface area contributed by atoms with Crippen LogP contribution in [0.25, 0.3) is 0 Å². The molecule has 2 rings (SSSR count). The van der Waals surface area contributed by atoms with E-state index in [1.54, 1.807) is 6.20 Å². The Balaban J connectivity index is 1.85. The Kier molecular flexibility index (Phi) is 4.06. The minimum Gasteiger partial charge on any atom is -0.465 e. The number of anilines is 1. The molecule has 0 bridgehead atoms. The number of hydrogen-bond donors (Lipinski definition) is 1. The maximum atomic E-state index is 11.2. The molecule has 1 fully saturated rings. The van der Waals surface area contributed by atoms with Crippen LogP contribution in [-0.2, 0) is 4.74 Å². The van der Waals surface area contributed by atoms with Crippen LogP contribution in [0.5, 0.6) is 0 Å². The number of esters is 1. The Bertz CT molecular complexity index is 361. The smallest absolute Gasteiger partial charge is 0.349 e. The number of nitrogens with one attached hydrogen (secondary N) is 1. The van der Waals surface area contributed by atoms with E-state index in [9.17, 15) is 4.79 Å². The van der Waals surface area contributed by atoms with Crippen molar-refractivity contribution >= 4 is 34.2 Å². The molecule has 1 atom stereocenters. The summed E-state index contributed by atoms with van der Waals surface area (Å²) in [6.07, 6.45) is 4.13. The molecule has 0 aliphatic carbocycles. The number of methoxy groups -OCH3 is 1. The van der Waals surface area contributed by atoms with Crippen LogP contribution < -0.4 is 5.32 Å². The Morgan fingerprint density at radius 2 is 2.62 bits per heavy atom. The van der Waals surface area contributed by atoms with Gasteiger partial charge in [-0.3, -0.25) is 0 Å². The highest BCUT2D eigenvalue weighted by Gasteiger charge is 2.16. The maximum absolute atomic E-state index is 11.2. The fourth-order valence-electron chi connectivity index (χ4n) is 1.56. The molecule has 1 aromatic heterocycles. The van der Waals surface area contributed by atoms with Crippen LogP contribution in [0.15, 0.2) is 6.20 Å². The van der Waals surface area contributed by atoms with Crippen molar-refractivity contribution in [2.24, 2.45) is 0 Å². The summed E-state index contributed by atoms with van der Waals surface area (Å²) in [5.74, 6) is 0.943. The van der Waals surface area contributed by atoms with E-state index in [0.29, 0.717) is 10.1 Å². The van der Waals surface area contributed by atoms with E-state index in [4.69, 9.17) is 0 Å². The van der Waals surface area contributed by atoms with Crippen LogP contribution in [-0.4, -0.2) is 35.6 Å². The van der Waals surface area contributed by atoms with E-state index in [-0.39, 0.29) is 5.97 Å². The van der Waals surface area contributed by atoms with E-state index in [0.717, 1.165) is 11.7 Å². The summed E-state index contributed by atoms with van der Waals surface area (Å²) in [5, 5.41) is 4.75. The van der Waals surface area contributed by atoms with Gasteiger partial charge in [0.15, 0.2) is 5.13 Å². The monoisotopic (exact) mass is 258 g/mol. The Morgan fingerprint density at radius 1 is 1.75 bits per heavy atom. The normalized spacial score (nSPS) is 19.7. The van der Waals surface area contributed by atoms with E-state index in [2.05, 4.69) is 15.0 Å². The number of nitrogens with zero attached hydrogens (tertiary/aromatic N) is 1. The molecule has 1 aromatic rings. The highest BCUT2D eigenvalue weighted by molar-refractivity contribution is 8.00. The molecule has 0 amide bonds. The lowest BCUT2D eigenvalue weighted by molar-refractivity contribution is 0.0606. The fourth-order valence-corrected chi connectivity index (χ4v) is 3.50. The zero-order valence-electron chi connectivity index (χ0n) is 9.06. The van der Waals surface area contributed by atoms with Gasteiger partial charge in [-0.15, -0.1) is 0 Å². The summed E-state index contributed by atoms with van der Waals surface area (Å²) in [6, 6.07) is 0. The molecule has 2 heterocycles. The minimum atomic E-state index is -0.319. The van der Waals surface area contributed by atoms with Crippen molar-refractivity contribution in [1.82, 2.24) is 4.98 Å². The Hall–Kier alpha value is -0.750. The lowest BCUT2D eigenvalue weighted by Crippen LogP contribution is -2.13. The molecule has 0 spiro atoms. The highest BCUT2D eigenvalue weighted by atomic mass is 32.2. The second-order valence-electron chi connectivity index (χ2n) is 3.54. The minimum absolute atomic E-state index is 0.319.